The van der Waals surface area contributed by atoms with Crippen LogP contribution in [0.5, 0.6) is 11.5 Å². The normalized spacial score (nSPS) is 16.9. The number of β-amino-alcohol motifs (C(OH)–C–C–N with tert-alkyl or cyclic N) is 1. The molecule has 2 rings (SSSR count). The molecule has 1 aromatic rings. The van der Waals surface area contributed by atoms with E-state index in [1.165, 1.54) is 12.8 Å². The van der Waals surface area contributed by atoms with Crippen molar-refractivity contribution < 1.29 is 14.6 Å². The summed E-state index contributed by atoms with van der Waals surface area (Å²) in [6, 6.07) is 5.80. The average Bonchev–Trinajstić information content (AvgIpc) is 2.99. The predicted molar refractivity (Wildman–Crippen MR) is 82.9 cm³/mol. The van der Waals surface area contributed by atoms with Crippen molar-refractivity contribution in [2.24, 2.45) is 0 Å². The van der Waals surface area contributed by atoms with Gasteiger partial charge < -0.3 is 24.8 Å². The van der Waals surface area contributed by atoms with E-state index in [0.717, 1.165) is 36.7 Å². The minimum Gasteiger partial charge on any atom is -0.497 e. The third-order valence-electron chi connectivity index (χ3n) is 3.79. The van der Waals surface area contributed by atoms with Gasteiger partial charge in [0.1, 0.15) is 11.5 Å². The van der Waals surface area contributed by atoms with Crippen LogP contribution in [0, 0.1) is 0 Å². The smallest absolute Gasteiger partial charge is 0.122 e. The Morgan fingerprint density at radius 1 is 1.14 bits per heavy atom. The summed E-state index contributed by atoms with van der Waals surface area (Å²) in [5.41, 5.74) is 1.08. The first-order valence-electron chi connectivity index (χ1n) is 7.54. The minimum absolute atomic E-state index is 0.324. The molecule has 1 aliphatic heterocycles. The van der Waals surface area contributed by atoms with E-state index in [-0.39, 0.29) is 6.10 Å². The highest BCUT2D eigenvalue weighted by Crippen LogP contribution is 2.22. The van der Waals surface area contributed by atoms with E-state index in [1.807, 2.05) is 18.2 Å². The molecular weight excluding hydrogens is 268 g/mol. The Morgan fingerprint density at radius 2 is 1.76 bits per heavy atom. The van der Waals surface area contributed by atoms with E-state index in [1.54, 1.807) is 14.2 Å². The Balaban J connectivity index is 1.76. The molecule has 1 heterocycles. The van der Waals surface area contributed by atoms with Crippen molar-refractivity contribution in [2.45, 2.75) is 25.5 Å². The Labute approximate surface area is 126 Å². The van der Waals surface area contributed by atoms with E-state index in [4.69, 9.17) is 9.47 Å². The van der Waals surface area contributed by atoms with Crippen LogP contribution in [0.15, 0.2) is 18.2 Å². The van der Waals surface area contributed by atoms with Gasteiger partial charge in [0, 0.05) is 25.7 Å². The Bertz CT molecular complexity index is 411. The quantitative estimate of drug-likeness (QED) is 0.756. The van der Waals surface area contributed by atoms with Crippen LogP contribution in [0.25, 0.3) is 0 Å². The first-order chi connectivity index (χ1) is 10.2. The molecule has 5 nitrogen and oxygen atoms in total. The first kappa shape index (κ1) is 16.1. The maximum absolute atomic E-state index is 10.0. The van der Waals surface area contributed by atoms with Crippen LogP contribution in [-0.4, -0.2) is 56.5 Å². The molecule has 1 aliphatic rings. The van der Waals surface area contributed by atoms with E-state index >= 15 is 0 Å². The summed E-state index contributed by atoms with van der Waals surface area (Å²) in [5.74, 6) is 1.56. The molecule has 0 bridgehead atoms. The standard InChI is InChI=1S/C16H26N2O3/c1-20-15-7-13(8-16(9-15)21-2)10-17-11-14(19)12-18-5-3-4-6-18/h7-9,14,17,19H,3-6,10-12H2,1-2H3. The lowest BCUT2D eigenvalue weighted by Gasteiger charge is -2.19. The lowest BCUT2D eigenvalue weighted by atomic mass is 10.2. The number of benzene rings is 1. The molecule has 1 aromatic carbocycles. The van der Waals surface area contributed by atoms with Crippen LogP contribution in [0.2, 0.25) is 0 Å². The van der Waals surface area contributed by atoms with Crippen LogP contribution in [0.3, 0.4) is 0 Å². The number of methoxy groups -OCH3 is 2. The molecule has 21 heavy (non-hydrogen) atoms. The summed E-state index contributed by atoms with van der Waals surface area (Å²) in [6.45, 7) is 4.27. The molecule has 0 spiro atoms. The molecule has 118 valence electrons. The molecule has 5 heteroatoms. The van der Waals surface area contributed by atoms with Gasteiger partial charge in [-0.05, 0) is 43.6 Å². The Morgan fingerprint density at radius 3 is 2.33 bits per heavy atom. The molecule has 2 N–H and O–H groups in total. The summed E-state index contributed by atoms with van der Waals surface area (Å²) >= 11 is 0. The zero-order valence-corrected chi connectivity index (χ0v) is 13.0. The molecule has 0 aromatic heterocycles. The second-order valence-corrected chi connectivity index (χ2v) is 5.51. The summed E-state index contributed by atoms with van der Waals surface area (Å²) in [5, 5.41) is 13.3. The zero-order valence-electron chi connectivity index (χ0n) is 13.0. The number of rotatable bonds is 8. The van der Waals surface area contributed by atoms with Crippen LogP contribution >= 0.6 is 0 Å². The van der Waals surface area contributed by atoms with Crippen molar-refractivity contribution in [3.05, 3.63) is 23.8 Å². The minimum atomic E-state index is -0.324. The van der Waals surface area contributed by atoms with Gasteiger partial charge in [0.05, 0.1) is 20.3 Å². The number of likely N-dealkylation sites (tertiary alicyclic amines) is 1. The van der Waals surface area contributed by atoms with Crippen molar-refractivity contribution in [3.8, 4) is 11.5 Å². The zero-order chi connectivity index (χ0) is 15.1. The van der Waals surface area contributed by atoms with Gasteiger partial charge in [0.15, 0.2) is 0 Å². The molecule has 0 radical (unpaired) electrons. The third kappa shape index (κ3) is 5.19. The van der Waals surface area contributed by atoms with Crippen molar-refractivity contribution in [3.63, 3.8) is 0 Å². The van der Waals surface area contributed by atoms with Crippen LogP contribution in [0.4, 0.5) is 0 Å². The molecular formula is C16H26N2O3. The average molecular weight is 294 g/mol. The van der Waals surface area contributed by atoms with Gasteiger partial charge in [-0.25, -0.2) is 0 Å². The highest BCUT2D eigenvalue weighted by Gasteiger charge is 2.15. The van der Waals surface area contributed by atoms with Gasteiger partial charge in [0.25, 0.3) is 0 Å². The van der Waals surface area contributed by atoms with Gasteiger partial charge in [-0.2, -0.15) is 0 Å². The van der Waals surface area contributed by atoms with Gasteiger partial charge in [-0.3, -0.25) is 0 Å². The molecule has 1 unspecified atom stereocenters. The lowest BCUT2D eigenvalue weighted by Crippen LogP contribution is -2.36. The second-order valence-electron chi connectivity index (χ2n) is 5.51. The number of aliphatic hydroxyl groups excluding tert-OH is 1. The van der Waals surface area contributed by atoms with E-state index in [2.05, 4.69) is 10.2 Å². The van der Waals surface area contributed by atoms with Gasteiger partial charge in [-0.15, -0.1) is 0 Å². The van der Waals surface area contributed by atoms with Crippen molar-refractivity contribution in [1.29, 1.82) is 0 Å². The van der Waals surface area contributed by atoms with Gasteiger partial charge >= 0.3 is 0 Å². The number of nitrogens with one attached hydrogen (secondary N) is 1. The van der Waals surface area contributed by atoms with Gasteiger partial charge in [0.2, 0.25) is 0 Å². The fourth-order valence-electron chi connectivity index (χ4n) is 2.68. The van der Waals surface area contributed by atoms with Crippen LogP contribution in [0.1, 0.15) is 18.4 Å². The third-order valence-corrected chi connectivity index (χ3v) is 3.79. The first-order valence-corrected chi connectivity index (χ1v) is 7.54. The number of nitrogens with zero attached hydrogens (tertiary/aromatic N) is 1. The fraction of sp³-hybridized carbons (Fsp3) is 0.625. The van der Waals surface area contributed by atoms with Crippen molar-refractivity contribution in [1.82, 2.24) is 10.2 Å². The summed E-state index contributed by atoms with van der Waals surface area (Å²) in [4.78, 5) is 2.32. The highest BCUT2D eigenvalue weighted by molar-refractivity contribution is 5.38. The number of ether oxygens (including phenoxy) is 2. The van der Waals surface area contributed by atoms with Crippen molar-refractivity contribution in [2.75, 3.05) is 40.4 Å². The maximum Gasteiger partial charge on any atom is 0.122 e. The topological polar surface area (TPSA) is 54.0 Å². The maximum atomic E-state index is 10.0. The largest absolute Gasteiger partial charge is 0.497 e. The SMILES string of the molecule is COc1cc(CNCC(O)CN2CCCC2)cc(OC)c1. The van der Waals surface area contributed by atoms with Crippen LogP contribution < -0.4 is 14.8 Å². The van der Waals surface area contributed by atoms with E-state index in [0.29, 0.717) is 13.1 Å². The number of hydrogen-bond donors (Lipinski definition) is 2. The Hall–Kier alpha value is -1.30. The fourth-order valence-corrected chi connectivity index (χ4v) is 2.68. The molecule has 1 saturated heterocycles. The lowest BCUT2D eigenvalue weighted by molar-refractivity contribution is 0.123. The molecule has 1 atom stereocenters. The molecule has 0 aliphatic carbocycles. The summed E-state index contributed by atoms with van der Waals surface area (Å²) in [6.07, 6.45) is 2.18. The molecule has 1 fully saturated rings. The number of hydrogen-bond acceptors (Lipinski definition) is 5. The van der Waals surface area contributed by atoms with Gasteiger partial charge in [-0.1, -0.05) is 0 Å². The molecule has 0 saturated carbocycles. The summed E-state index contributed by atoms with van der Waals surface area (Å²) < 4.78 is 10.5. The highest BCUT2D eigenvalue weighted by atomic mass is 16.5. The van der Waals surface area contributed by atoms with Crippen molar-refractivity contribution >= 4 is 0 Å². The predicted octanol–water partition coefficient (Wildman–Crippen LogP) is 1.25. The Kier molecular flexibility index (Phi) is 6.29. The number of aliphatic hydroxyl groups is 1. The molecule has 0 amide bonds. The monoisotopic (exact) mass is 294 g/mol. The van der Waals surface area contributed by atoms with E-state index < -0.39 is 0 Å². The van der Waals surface area contributed by atoms with E-state index in [9.17, 15) is 5.11 Å². The second kappa shape index (κ2) is 8.22. The van der Waals surface area contributed by atoms with Crippen LogP contribution in [-0.2, 0) is 6.54 Å². The summed E-state index contributed by atoms with van der Waals surface area (Å²) in [7, 11) is 3.29.